The average Bonchev–Trinajstić information content (AvgIpc) is 3.06. The first-order valence-electron chi connectivity index (χ1n) is 8.49. The predicted octanol–water partition coefficient (Wildman–Crippen LogP) is 3.01. The van der Waals surface area contributed by atoms with E-state index in [4.69, 9.17) is 0 Å². The van der Waals surface area contributed by atoms with Gasteiger partial charge in [0.15, 0.2) is 0 Å². The van der Waals surface area contributed by atoms with Crippen LogP contribution < -0.4 is 5.32 Å². The molecule has 1 unspecified atom stereocenters. The van der Waals surface area contributed by atoms with Gasteiger partial charge in [0.25, 0.3) is 0 Å². The van der Waals surface area contributed by atoms with Gasteiger partial charge in [-0.1, -0.05) is 42.5 Å². The zero-order chi connectivity index (χ0) is 16.8. The van der Waals surface area contributed by atoms with Crippen LogP contribution in [0.1, 0.15) is 17.5 Å². The van der Waals surface area contributed by atoms with Gasteiger partial charge < -0.3 is 5.32 Å². The average molecular weight is 326 g/mol. The smallest absolute Gasteiger partial charge is 0.224 e. The maximum absolute atomic E-state index is 12.9. The van der Waals surface area contributed by atoms with Gasteiger partial charge in [-0.15, -0.1) is 0 Å². The SMILES string of the molecule is O=C(NCCc1ccc(F)cc1)C1CCN(Cc2ccccc2)C1. The summed E-state index contributed by atoms with van der Waals surface area (Å²) >= 11 is 0. The van der Waals surface area contributed by atoms with Crippen molar-refractivity contribution < 1.29 is 9.18 Å². The van der Waals surface area contributed by atoms with E-state index in [1.54, 1.807) is 12.1 Å². The molecule has 1 aliphatic heterocycles. The molecule has 0 bridgehead atoms. The van der Waals surface area contributed by atoms with Gasteiger partial charge in [-0.05, 0) is 42.6 Å². The van der Waals surface area contributed by atoms with E-state index in [1.807, 2.05) is 18.2 Å². The van der Waals surface area contributed by atoms with Gasteiger partial charge in [0, 0.05) is 19.6 Å². The first kappa shape index (κ1) is 16.7. The molecule has 0 aromatic heterocycles. The zero-order valence-electron chi connectivity index (χ0n) is 13.7. The van der Waals surface area contributed by atoms with Crippen molar-refractivity contribution in [2.45, 2.75) is 19.4 Å². The summed E-state index contributed by atoms with van der Waals surface area (Å²) in [5, 5.41) is 3.01. The van der Waals surface area contributed by atoms with Crippen LogP contribution in [0.3, 0.4) is 0 Å². The third kappa shape index (κ3) is 4.65. The molecular formula is C20H23FN2O. The highest BCUT2D eigenvalue weighted by molar-refractivity contribution is 5.79. The molecule has 2 aromatic carbocycles. The van der Waals surface area contributed by atoms with Crippen molar-refractivity contribution in [3.8, 4) is 0 Å². The Morgan fingerprint density at radius 3 is 2.58 bits per heavy atom. The van der Waals surface area contributed by atoms with Crippen LogP contribution in [-0.2, 0) is 17.8 Å². The highest BCUT2D eigenvalue weighted by Gasteiger charge is 2.27. The largest absolute Gasteiger partial charge is 0.355 e. The van der Waals surface area contributed by atoms with Crippen LogP contribution in [-0.4, -0.2) is 30.4 Å². The minimum atomic E-state index is -0.229. The summed E-state index contributed by atoms with van der Waals surface area (Å²) in [6.45, 7) is 3.28. The van der Waals surface area contributed by atoms with Gasteiger partial charge in [-0.2, -0.15) is 0 Å². The number of nitrogens with zero attached hydrogens (tertiary/aromatic N) is 1. The van der Waals surface area contributed by atoms with Crippen molar-refractivity contribution in [1.29, 1.82) is 0 Å². The van der Waals surface area contributed by atoms with Gasteiger partial charge in [-0.25, -0.2) is 4.39 Å². The number of carbonyl (C=O) groups is 1. The second kappa shape index (κ2) is 8.06. The van der Waals surface area contributed by atoms with Crippen molar-refractivity contribution >= 4 is 5.91 Å². The number of carbonyl (C=O) groups excluding carboxylic acids is 1. The molecular weight excluding hydrogens is 303 g/mol. The van der Waals surface area contributed by atoms with Gasteiger partial charge in [0.1, 0.15) is 5.82 Å². The third-order valence-corrected chi connectivity index (χ3v) is 4.52. The maximum atomic E-state index is 12.9. The molecule has 2 aromatic rings. The molecule has 1 saturated heterocycles. The molecule has 1 fully saturated rings. The van der Waals surface area contributed by atoms with Gasteiger partial charge >= 0.3 is 0 Å². The normalized spacial score (nSPS) is 17.8. The van der Waals surface area contributed by atoms with Crippen LogP contribution in [0.5, 0.6) is 0 Å². The molecule has 0 aliphatic carbocycles. The summed E-state index contributed by atoms with van der Waals surface area (Å²) in [5.41, 5.74) is 2.32. The van der Waals surface area contributed by atoms with Crippen LogP contribution in [0.25, 0.3) is 0 Å². The minimum Gasteiger partial charge on any atom is -0.355 e. The summed E-state index contributed by atoms with van der Waals surface area (Å²) < 4.78 is 12.9. The summed E-state index contributed by atoms with van der Waals surface area (Å²) in [5.74, 6) is -0.0261. The molecule has 24 heavy (non-hydrogen) atoms. The van der Waals surface area contributed by atoms with Crippen molar-refractivity contribution in [3.63, 3.8) is 0 Å². The molecule has 0 saturated carbocycles. The van der Waals surface area contributed by atoms with E-state index in [9.17, 15) is 9.18 Å². The lowest BCUT2D eigenvalue weighted by atomic mass is 10.1. The second-order valence-electron chi connectivity index (χ2n) is 6.37. The van der Waals surface area contributed by atoms with Crippen molar-refractivity contribution in [2.75, 3.05) is 19.6 Å². The number of hydrogen-bond acceptors (Lipinski definition) is 2. The first-order chi connectivity index (χ1) is 11.7. The van der Waals surface area contributed by atoms with Crippen LogP contribution in [0, 0.1) is 11.7 Å². The third-order valence-electron chi connectivity index (χ3n) is 4.52. The van der Waals surface area contributed by atoms with E-state index >= 15 is 0 Å². The van der Waals surface area contributed by atoms with Gasteiger partial charge in [0.2, 0.25) is 5.91 Å². The highest BCUT2D eigenvalue weighted by atomic mass is 19.1. The lowest BCUT2D eigenvalue weighted by Gasteiger charge is -2.16. The molecule has 1 aliphatic rings. The highest BCUT2D eigenvalue weighted by Crippen LogP contribution is 2.18. The zero-order valence-corrected chi connectivity index (χ0v) is 13.7. The molecule has 0 radical (unpaired) electrons. The van der Waals surface area contributed by atoms with E-state index < -0.39 is 0 Å². The summed E-state index contributed by atoms with van der Waals surface area (Å²) in [4.78, 5) is 14.6. The Kier molecular flexibility index (Phi) is 5.59. The second-order valence-corrected chi connectivity index (χ2v) is 6.37. The molecule has 4 heteroatoms. The lowest BCUT2D eigenvalue weighted by molar-refractivity contribution is -0.124. The monoisotopic (exact) mass is 326 g/mol. The summed E-state index contributed by atoms with van der Waals surface area (Å²) in [6, 6.07) is 16.8. The number of benzene rings is 2. The molecule has 1 N–H and O–H groups in total. The van der Waals surface area contributed by atoms with Crippen LogP contribution in [0.15, 0.2) is 54.6 Å². The fourth-order valence-corrected chi connectivity index (χ4v) is 3.16. The fourth-order valence-electron chi connectivity index (χ4n) is 3.16. The van der Waals surface area contributed by atoms with Gasteiger partial charge in [-0.3, -0.25) is 9.69 Å². The van der Waals surface area contributed by atoms with Crippen LogP contribution >= 0.6 is 0 Å². The minimum absolute atomic E-state index is 0.0712. The molecule has 126 valence electrons. The number of likely N-dealkylation sites (tertiary alicyclic amines) is 1. The van der Waals surface area contributed by atoms with Crippen molar-refractivity contribution in [3.05, 3.63) is 71.5 Å². The number of hydrogen-bond donors (Lipinski definition) is 1. The lowest BCUT2D eigenvalue weighted by Crippen LogP contribution is -2.33. The Balaban J connectivity index is 1.40. The molecule has 0 spiro atoms. The molecule has 1 amide bonds. The Hall–Kier alpha value is -2.20. The van der Waals surface area contributed by atoms with Crippen LogP contribution in [0.2, 0.25) is 0 Å². The van der Waals surface area contributed by atoms with Gasteiger partial charge in [0.05, 0.1) is 5.92 Å². The maximum Gasteiger partial charge on any atom is 0.224 e. The Morgan fingerprint density at radius 1 is 1.08 bits per heavy atom. The Morgan fingerprint density at radius 2 is 1.83 bits per heavy atom. The molecule has 1 atom stereocenters. The number of nitrogens with one attached hydrogen (secondary N) is 1. The van der Waals surface area contributed by atoms with Crippen LogP contribution in [0.4, 0.5) is 4.39 Å². The molecule has 3 nitrogen and oxygen atoms in total. The van der Waals surface area contributed by atoms with E-state index in [2.05, 4.69) is 22.3 Å². The van der Waals surface area contributed by atoms with E-state index in [1.165, 1.54) is 17.7 Å². The topological polar surface area (TPSA) is 32.3 Å². The van der Waals surface area contributed by atoms with E-state index in [-0.39, 0.29) is 17.6 Å². The number of halogens is 1. The molecule has 1 heterocycles. The summed E-state index contributed by atoms with van der Waals surface area (Å²) in [7, 11) is 0. The quantitative estimate of drug-likeness (QED) is 0.885. The summed E-state index contributed by atoms with van der Waals surface area (Å²) in [6.07, 6.45) is 1.64. The predicted molar refractivity (Wildman–Crippen MR) is 92.9 cm³/mol. The number of rotatable bonds is 6. The Bertz CT molecular complexity index is 657. The fraction of sp³-hybridized carbons (Fsp3) is 0.350. The number of amides is 1. The van der Waals surface area contributed by atoms with Crippen molar-refractivity contribution in [2.24, 2.45) is 5.92 Å². The molecule has 3 rings (SSSR count). The first-order valence-corrected chi connectivity index (χ1v) is 8.49. The van der Waals surface area contributed by atoms with E-state index in [0.29, 0.717) is 6.54 Å². The standard InChI is InChI=1S/C20H23FN2O/c21-19-8-6-16(7-9-19)10-12-22-20(24)18-11-13-23(15-18)14-17-4-2-1-3-5-17/h1-9,18H,10-15H2,(H,22,24). The van der Waals surface area contributed by atoms with Crippen molar-refractivity contribution in [1.82, 2.24) is 10.2 Å². The van der Waals surface area contributed by atoms with E-state index in [0.717, 1.165) is 38.0 Å². The Labute approximate surface area is 142 Å².